The average molecular weight is 368 g/mol. The maximum absolute atomic E-state index is 12.1. The highest BCUT2D eigenvalue weighted by molar-refractivity contribution is 6.31. The summed E-state index contributed by atoms with van der Waals surface area (Å²) in [6, 6.07) is 2.91. The van der Waals surface area contributed by atoms with Crippen LogP contribution in [0.4, 0.5) is 4.79 Å². The van der Waals surface area contributed by atoms with Gasteiger partial charge in [-0.15, -0.1) is 0 Å². The highest BCUT2D eigenvalue weighted by Crippen LogP contribution is 2.23. The first-order valence-electron chi connectivity index (χ1n) is 7.55. The second-order valence-electron chi connectivity index (χ2n) is 5.13. The first-order valence-corrected chi connectivity index (χ1v) is 7.93. The lowest BCUT2D eigenvalue weighted by Gasteiger charge is -2.35. The average Bonchev–Trinajstić information content (AvgIpc) is 2.56. The monoisotopic (exact) mass is 367 g/mol. The summed E-state index contributed by atoms with van der Waals surface area (Å²) in [5, 5.41) is 10.5. The van der Waals surface area contributed by atoms with E-state index in [2.05, 4.69) is 14.7 Å². The minimum atomic E-state index is -0.729. The molecule has 2 heterocycles. The highest BCUT2D eigenvalue weighted by Gasteiger charge is 2.31. The van der Waals surface area contributed by atoms with Crippen LogP contribution in [-0.4, -0.2) is 66.1 Å². The zero-order valence-electron chi connectivity index (χ0n) is 13.8. The molecule has 0 atom stereocenters. The van der Waals surface area contributed by atoms with Gasteiger partial charge in [0.15, 0.2) is 0 Å². The lowest BCUT2D eigenvalue weighted by molar-refractivity contribution is -0.137. The minimum absolute atomic E-state index is 0.0516. The largest absolute Gasteiger partial charge is 0.506 e. The Hall–Kier alpha value is -2.61. The van der Waals surface area contributed by atoms with E-state index in [1.54, 1.807) is 13.0 Å². The molecule has 1 aromatic rings. The van der Waals surface area contributed by atoms with Gasteiger partial charge in [-0.25, -0.2) is 14.6 Å². The molecular weight excluding hydrogens is 350 g/mol. The van der Waals surface area contributed by atoms with E-state index in [0.29, 0.717) is 13.1 Å². The standard InChI is InChI=1S/C16H18ClN3O5/c1-3-25-15(22)12(13(21)11-5-4-6-18-14(11)17)7-19-10-8-20(9-10)16(23)24-2/h4-7,10,21H,3,8-9H2,1-2H3/b13-12+,19-7?. The molecule has 1 amide bonds. The predicted molar refractivity (Wildman–Crippen MR) is 91.7 cm³/mol. The second-order valence-corrected chi connectivity index (χ2v) is 5.49. The number of likely N-dealkylation sites (tertiary alicyclic amines) is 1. The molecule has 1 fully saturated rings. The van der Waals surface area contributed by atoms with Gasteiger partial charge in [0, 0.05) is 25.5 Å². The van der Waals surface area contributed by atoms with Crippen LogP contribution < -0.4 is 0 Å². The van der Waals surface area contributed by atoms with Gasteiger partial charge in [-0.05, 0) is 19.1 Å². The van der Waals surface area contributed by atoms with Crippen molar-refractivity contribution in [2.75, 3.05) is 26.8 Å². The van der Waals surface area contributed by atoms with Crippen LogP contribution in [0.15, 0.2) is 28.9 Å². The van der Waals surface area contributed by atoms with Crippen LogP contribution in [0.1, 0.15) is 12.5 Å². The molecular formula is C16H18ClN3O5. The van der Waals surface area contributed by atoms with Crippen LogP contribution in [0.5, 0.6) is 0 Å². The maximum Gasteiger partial charge on any atom is 0.409 e. The number of hydrogen-bond acceptors (Lipinski definition) is 7. The summed E-state index contributed by atoms with van der Waals surface area (Å²) >= 11 is 5.96. The number of ether oxygens (including phenoxy) is 2. The fraction of sp³-hybridized carbons (Fsp3) is 0.375. The van der Waals surface area contributed by atoms with Crippen molar-refractivity contribution >= 4 is 35.6 Å². The van der Waals surface area contributed by atoms with Gasteiger partial charge in [-0.1, -0.05) is 11.6 Å². The molecule has 0 aliphatic carbocycles. The Kier molecular flexibility index (Phi) is 6.35. The number of nitrogens with zero attached hydrogens (tertiary/aromatic N) is 3. The van der Waals surface area contributed by atoms with Gasteiger partial charge in [-0.2, -0.15) is 0 Å². The van der Waals surface area contributed by atoms with Crippen molar-refractivity contribution in [2.24, 2.45) is 4.99 Å². The number of aliphatic hydroxyl groups excluding tert-OH is 1. The topological polar surface area (TPSA) is 101 Å². The van der Waals surface area contributed by atoms with E-state index >= 15 is 0 Å². The molecule has 8 nitrogen and oxygen atoms in total. The van der Waals surface area contributed by atoms with Gasteiger partial charge in [0.2, 0.25) is 0 Å². The molecule has 9 heteroatoms. The summed E-state index contributed by atoms with van der Waals surface area (Å²) in [5.41, 5.74) is 0.0664. The number of aromatic nitrogens is 1. The fourth-order valence-corrected chi connectivity index (χ4v) is 2.34. The molecule has 1 aromatic heterocycles. The van der Waals surface area contributed by atoms with Crippen LogP contribution in [0.2, 0.25) is 5.15 Å². The molecule has 0 unspecified atom stereocenters. The summed E-state index contributed by atoms with van der Waals surface area (Å²) < 4.78 is 9.55. The smallest absolute Gasteiger partial charge is 0.409 e. The van der Waals surface area contributed by atoms with E-state index in [4.69, 9.17) is 16.3 Å². The van der Waals surface area contributed by atoms with Crippen LogP contribution in [0.25, 0.3) is 5.76 Å². The van der Waals surface area contributed by atoms with Gasteiger partial charge in [0.05, 0.1) is 25.3 Å². The first kappa shape index (κ1) is 18.7. The first-order chi connectivity index (χ1) is 12.0. The third kappa shape index (κ3) is 4.48. The van der Waals surface area contributed by atoms with Crippen molar-refractivity contribution < 1.29 is 24.2 Å². The summed E-state index contributed by atoms with van der Waals surface area (Å²) in [4.78, 5) is 33.0. The Morgan fingerprint density at radius 3 is 2.84 bits per heavy atom. The van der Waals surface area contributed by atoms with E-state index in [9.17, 15) is 14.7 Å². The quantitative estimate of drug-likeness (QED) is 0.281. The van der Waals surface area contributed by atoms with Gasteiger partial charge in [0.25, 0.3) is 0 Å². The van der Waals surface area contributed by atoms with E-state index < -0.39 is 12.1 Å². The maximum atomic E-state index is 12.1. The molecule has 134 valence electrons. The number of carbonyl (C=O) groups excluding carboxylic acids is 2. The number of hydrogen-bond donors (Lipinski definition) is 1. The van der Waals surface area contributed by atoms with E-state index in [1.165, 1.54) is 30.5 Å². The van der Waals surface area contributed by atoms with Crippen molar-refractivity contribution in [3.63, 3.8) is 0 Å². The molecule has 0 saturated carbocycles. The molecule has 1 aliphatic heterocycles. The Labute approximate surface area is 149 Å². The lowest BCUT2D eigenvalue weighted by Crippen LogP contribution is -2.52. The molecule has 1 N–H and O–H groups in total. The molecule has 0 aromatic carbocycles. The molecule has 1 aliphatic rings. The van der Waals surface area contributed by atoms with E-state index in [-0.39, 0.29) is 34.7 Å². The number of aliphatic imine (C=N–C) groups is 1. The van der Waals surface area contributed by atoms with Gasteiger partial charge < -0.3 is 19.5 Å². The SMILES string of the molecule is CCOC(=O)/C(C=NC1CN(C(=O)OC)C1)=C(/O)c1cccnc1Cl. The summed E-state index contributed by atoms with van der Waals surface area (Å²) in [7, 11) is 1.30. The third-order valence-electron chi connectivity index (χ3n) is 3.47. The van der Waals surface area contributed by atoms with Crippen molar-refractivity contribution in [3.05, 3.63) is 34.6 Å². The van der Waals surface area contributed by atoms with Crippen molar-refractivity contribution in [1.29, 1.82) is 0 Å². The number of carbonyl (C=O) groups is 2. The van der Waals surface area contributed by atoms with Crippen LogP contribution >= 0.6 is 11.6 Å². The Morgan fingerprint density at radius 2 is 2.24 bits per heavy atom. The number of pyridine rings is 1. The van der Waals surface area contributed by atoms with E-state index in [1.807, 2.05) is 0 Å². The number of aliphatic hydroxyl groups is 1. The zero-order valence-corrected chi connectivity index (χ0v) is 14.6. The van der Waals surface area contributed by atoms with Gasteiger partial charge in [-0.3, -0.25) is 4.99 Å². The zero-order chi connectivity index (χ0) is 18.4. The molecule has 0 bridgehead atoms. The lowest BCUT2D eigenvalue weighted by atomic mass is 10.1. The molecule has 1 saturated heterocycles. The predicted octanol–water partition coefficient (Wildman–Crippen LogP) is 2.09. The number of esters is 1. The fourth-order valence-electron chi connectivity index (χ4n) is 2.13. The summed E-state index contributed by atoms with van der Waals surface area (Å²) in [5.74, 6) is -1.10. The van der Waals surface area contributed by atoms with Gasteiger partial charge >= 0.3 is 12.1 Å². The van der Waals surface area contributed by atoms with Crippen LogP contribution in [0.3, 0.4) is 0 Å². The normalized spacial score (nSPS) is 15.6. The molecule has 25 heavy (non-hydrogen) atoms. The number of halogens is 1. The number of rotatable bonds is 5. The van der Waals surface area contributed by atoms with Crippen molar-refractivity contribution in [3.8, 4) is 0 Å². The second kappa shape index (κ2) is 8.48. The molecule has 2 rings (SSSR count). The third-order valence-corrected chi connectivity index (χ3v) is 3.78. The Morgan fingerprint density at radius 1 is 1.52 bits per heavy atom. The molecule has 0 spiro atoms. The number of methoxy groups -OCH3 is 1. The Balaban J connectivity index is 2.21. The summed E-state index contributed by atoms with van der Waals surface area (Å²) in [6.45, 7) is 2.53. The summed E-state index contributed by atoms with van der Waals surface area (Å²) in [6.07, 6.45) is 2.26. The van der Waals surface area contributed by atoms with E-state index in [0.717, 1.165) is 0 Å². The Bertz CT molecular complexity index is 713. The van der Waals surface area contributed by atoms with Crippen LogP contribution in [-0.2, 0) is 14.3 Å². The number of amides is 1. The van der Waals surface area contributed by atoms with Crippen molar-refractivity contribution in [1.82, 2.24) is 9.88 Å². The van der Waals surface area contributed by atoms with Gasteiger partial charge in [0.1, 0.15) is 16.5 Å². The highest BCUT2D eigenvalue weighted by atomic mass is 35.5. The van der Waals surface area contributed by atoms with Crippen LogP contribution in [0, 0.1) is 0 Å². The van der Waals surface area contributed by atoms with Crippen molar-refractivity contribution in [2.45, 2.75) is 13.0 Å². The minimum Gasteiger partial charge on any atom is -0.506 e. The molecule has 0 radical (unpaired) electrons.